The number of carbonyl (C=O) groups is 2. The molecule has 1 aliphatic heterocycles. The van der Waals surface area contributed by atoms with Crippen LogP contribution in [0.2, 0.25) is 0 Å². The summed E-state index contributed by atoms with van der Waals surface area (Å²) in [5.74, 6) is -0.0227. The molecular formula is C21H15N5O3. The van der Waals surface area contributed by atoms with Gasteiger partial charge in [0.25, 0.3) is 11.8 Å². The number of rotatable bonds is 0. The molecule has 2 heterocycles. The molecule has 0 saturated carbocycles. The molecule has 29 heavy (non-hydrogen) atoms. The van der Waals surface area contributed by atoms with Gasteiger partial charge in [-0.05, 0) is 30.3 Å². The Morgan fingerprint density at radius 3 is 2.86 bits per heavy atom. The number of nitrogens with zero attached hydrogens (tertiary/aromatic N) is 4. The highest BCUT2D eigenvalue weighted by Gasteiger charge is 2.05. The molecule has 1 N–H and O–H groups in total. The average molecular weight is 385 g/mol. The zero-order valence-corrected chi connectivity index (χ0v) is 15.1. The van der Waals surface area contributed by atoms with Gasteiger partial charge in [0.05, 0.1) is 17.1 Å². The van der Waals surface area contributed by atoms with Gasteiger partial charge in [-0.2, -0.15) is 0 Å². The molecule has 4 rings (SSSR count). The SMILES string of the molecule is O=C1/C=C\COc2ccc3ncnc(c3c2)/N=c2/cccc/c2=C/NC(=O)/C=N\1. The van der Waals surface area contributed by atoms with E-state index in [2.05, 4.69) is 25.3 Å². The zero-order valence-electron chi connectivity index (χ0n) is 15.1. The molecule has 0 unspecified atom stereocenters. The second kappa shape index (κ2) is 8.22. The lowest BCUT2D eigenvalue weighted by atomic mass is 10.2. The molecule has 8 nitrogen and oxygen atoms in total. The highest BCUT2D eigenvalue weighted by molar-refractivity contribution is 6.29. The van der Waals surface area contributed by atoms with Crippen LogP contribution in [0.4, 0.5) is 5.82 Å². The predicted molar refractivity (Wildman–Crippen MR) is 107 cm³/mol. The fourth-order valence-electron chi connectivity index (χ4n) is 2.67. The predicted octanol–water partition coefficient (Wildman–Crippen LogP) is 0.981. The molecule has 0 atom stereocenters. The lowest BCUT2D eigenvalue weighted by Crippen LogP contribution is -2.29. The van der Waals surface area contributed by atoms with Crippen LogP contribution in [0.3, 0.4) is 0 Å². The Balaban J connectivity index is 1.90. The number of hydrogen-bond donors (Lipinski definition) is 1. The number of aromatic nitrogens is 2. The Bertz CT molecular complexity index is 1280. The van der Waals surface area contributed by atoms with E-state index in [0.717, 1.165) is 17.1 Å². The highest BCUT2D eigenvalue weighted by atomic mass is 16.5. The quantitative estimate of drug-likeness (QED) is 0.621. The molecule has 142 valence electrons. The second-order valence-electron chi connectivity index (χ2n) is 6.01. The van der Waals surface area contributed by atoms with Crippen molar-refractivity contribution < 1.29 is 14.3 Å². The molecule has 2 amide bonds. The molecule has 1 aliphatic rings. The van der Waals surface area contributed by atoms with Gasteiger partial charge in [0.15, 0.2) is 5.82 Å². The van der Waals surface area contributed by atoms with Crippen molar-refractivity contribution in [3.8, 4) is 5.75 Å². The van der Waals surface area contributed by atoms with Crippen molar-refractivity contribution in [2.75, 3.05) is 6.61 Å². The van der Waals surface area contributed by atoms with E-state index in [1.165, 1.54) is 24.7 Å². The monoisotopic (exact) mass is 385 g/mol. The summed E-state index contributed by atoms with van der Waals surface area (Å²) < 4.78 is 5.66. The van der Waals surface area contributed by atoms with E-state index in [-0.39, 0.29) is 6.61 Å². The van der Waals surface area contributed by atoms with Crippen molar-refractivity contribution in [1.82, 2.24) is 15.3 Å². The lowest BCUT2D eigenvalue weighted by molar-refractivity contribution is -0.115. The van der Waals surface area contributed by atoms with Crippen molar-refractivity contribution in [2.24, 2.45) is 9.98 Å². The summed E-state index contributed by atoms with van der Waals surface area (Å²) in [6.07, 6.45) is 6.64. The van der Waals surface area contributed by atoms with Crippen molar-refractivity contribution in [3.05, 3.63) is 71.5 Å². The summed E-state index contributed by atoms with van der Waals surface area (Å²) in [5, 5.41) is 4.58. The standard InChI is InChI=1S/C21H15N5O3/c27-19-6-3-9-29-15-7-8-18-16(10-15)21(25-13-24-18)26-17-5-2-1-4-14(17)11-22-20(28)12-23-19/h1-8,10-13H,9H2,(H,22,28)/b6-3-,14-11-,23-12-,26-17-. The number of ether oxygens (including phenoxy) is 1. The number of para-hydroxylation sites is 1. The van der Waals surface area contributed by atoms with Gasteiger partial charge >= 0.3 is 0 Å². The topological polar surface area (TPSA) is 106 Å². The van der Waals surface area contributed by atoms with Crippen molar-refractivity contribution >= 4 is 40.9 Å². The number of aliphatic imine (C=N–C) groups is 1. The number of fused-ring (bicyclic) bond motifs is 2. The molecule has 0 fully saturated rings. The normalized spacial score (nSPS) is 18.9. The number of hydrogen-bond acceptors (Lipinski definition) is 6. The first-order valence-corrected chi connectivity index (χ1v) is 8.76. The fraction of sp³-hybridized carbons (Fsp3) is 0.0476. The summed E-state index contributed by atoms with van der Waals surface area (Å²) in [5.41, 5.74) is 0.720. The van der Waals surface area contributed by atoms with Crippen LogP contribution in [-0.4, -0.2) is 34.6 Å². The summed E-state index contributed by atoms with van der Waals surface area (Å²) >= 11 is 0. The molecule has 0 aliphatic carbocycles. The Labute approximate surface area is 165 Å². The molecule has 0 saturated heterocycles. The van der Waals surface area contributed by atoms with Gasteiger partial charge in [0.1, 0.15) is 18.7 Å². The van der Waals surface area contributed by atoms with E-state index in [4.69, 9.17) is 4.74 Å². The molecule has 2 aromatic carbocycles. The summed E-state index contributed by atoms with van der Waals surface area (Å²) in [6, 6.07) is 12.7. The van der Waals surface area contributed by atoms with Gasteiger partial charge in [0, 0.05) is 22.9 Å². The van der Waals surface area contributed by atoms with Gasteiger partial charge in [-0.25, -0.2) is 20.0 Å². The largest absolute Gasteiger partial charge is 0.490 e. The maximum atomic E-state index is 11.9. The van der Waals surface area contributed by atoms with Crippen LogP contribution in [0.15, 0.2) is 70.9 Å². The molecule has 2 bridgehead atoms. The minimum absolute atomic E-state index is 0.162. The first-order valence-electron chi connectivity index (χ1n) is 8.76. The van der Waals surface area contributed by atoms with Gasteiger partial charge in [-0.1, -0.05) is 18.2 Å². The summed E-state index contributed by atoms with van der Waals surface area (Å²) in [4.78, 5) is 40.4. The zero-order chi connectivity index (χ0) is 20.1. The Kier molecular flexibility index (Phi) is 5.15. The minimum Gasteiger partial charge on any atom is -0.490 e. The van der Waals surface area contributed by atoms with Gasteiger partial charge in [-0.15, -0.1) is 0 Å². The van der Waals surface area contributed by atoms with Gasteiger partial charge in [-0.3, -0.25) is 9.59 Å². The van der Waals surface area contributed by atoms with Crippen LogP contribution >= 0.6 is 0 Å². The minimum atomic E-state index is -0.558. The van der Waals surface area contributed by atoms with Crippen LogP contribution in [-0.2, 0) is 9.59 Å². The van der Waals surface area contributed by atoms with E-state index in [1.54, 1.807) is 18.2 Å². The van der Waals surface area contributed by atoms with E-state index < -0.39 is 11.8 Å². The van der Waals surface area contributed by atoms with Crippen molar-refractivity contribution in [3.63, 3.8) is 0 Å². The van der Waals surface area contributed by atoms with Crippen LogP contribution < -0.4 is 20.6 Å². The van der Waals surface area contributed by atoms with Crippen LogP contribution in [0.5, 0.6) is 5.75 Å². The maximum Gasteiger partial charge on any atom is 0.269 e. The van der Waals surface area contributed by atoms with Gasteiger partial charge < -0.3 is 10.1 Å². The van der Waals surface area contributed by atoms with Crippen molar-refractivity contribution in [2.45, 2.75) is 0 Å². The van der Waals surface area contributed by atoms with E-state index in [0.29, 0.717) is 22.1 Å². The van der Waals surface area contributed by atoms with E-state index >= 15 is 0 Å². The number of carbonyl (C=O) groups excluding carboxylic acids is 2. The summed E-state index contributed by atoms with van der Waals surface area (Å²) in [6.45, 7) is 0.162. The molecule has 1 aromatic heterocycles. The third-order valence-corrected chi connectivity index (χ3v) is 4.03. The number of amides is 2. The number of benzene rings is 2. The average Bonchev–Trinajstić information content (AvgIpc) is 2.74. The summed E-state index contributed by atoms with van der Waals surface area (Å²) in [7, 11) is 0. The molecule has 3 aromatic rings. The van der Waals surface area contributed by atoms with Gasteiger partial charge in [0.2, 0.25) is 0 Å². The third kappa shape index (κ3) is 4.38. The van der Waals surface area contributed by atoms with E-state index in [9.17, 15) is 9.59 Å². The first kappa shape index (κ1) is 18.2. The Morgan fingerprint density at radius 2 is 1.93 bits per heavy atom. The maximum absolute atomic E-state index is 11.9. The fourth-order valence-corrected chi connectivity index (χ4v) is 2.67. The lowest BCUT2D eigenvalue weighted by Gasteiger charge is -2.06. The Morgan fingerprint density at radius 1 is 1.03 bits per heavy atom. The van der Waals surface area contributed by atoms with E-state index in [1.807, 2.05) is 24.3 Å². The Hall–Kier alpha value is -4.20. The smallest absolute Gasteiger partial charge is 0.269 e. The molecule has 0 spiro atoms. The van der Waals surface area contributed by atoms with Crippen molar-refractivity contribution in [1.29, 1.82) is 0 Å². The molecular weight excluding hydrogens is 370 g/mol. The second-order valence-corrected chi connectivity index (χ2v) is 6.01. The first-order chi connectivity index (χ1) is 14.2. The molecule has 0 radical (unpaired) electrons. The van der Waals surface area contributed by atoms with Crippen LogP contribution in [0.1, 0.15) is 0 Å². The highest BCUT2D eigenvalue weighted by Crippen LogP contribution is 2.25. The molecule has 8 heteroatoms. The number of nitrogens with one attached hydrogen (secondary N) is 1. The van der Waals surface area contributed by atoms with Crippen LogP contribution in [0, 0.1) is 0 Å². The van der Waals surface area contributed by atoms with Crippen LogP contribution in [0.25, 0.3) is 17.1 Å². The third-order valence-electron chi connectivity index (χ3n) is 4.03.